The van der Waals surface area contributed by atoms with Crippen LogP contribution in [0.4, 0.5) is 0 Å². The van der Waals surface area contributed by atoms with Crippen LogP contribution in [0.1, 0.15) is 57.8 Å². The third kappa shape index (κ3) is 4.74. The molecule has 116 valence electrons. The zero-order valence-electron chi connectivity index (χ0n) is 13.0. The summed E-state index contributed by atoms with van der Waals surface area (Å²) >= 11 is 0. The Morgan fingerprint density at radius 2 is 1.70 bits per heavy atom. The highest BCUT2D eigenvalue weighted by Crippen LogP contribution is 2.30. The highest BCUT2D eigenvalue weighted by Gasteiger charge is 2.32. The summed E-state index contributed by atoms with van der Waals surface area (Å²) < 4.78 is 0. The van der Waals surface area contributed by atoms with Gasteiger partial charge in [-0.05, 0) is 45.8 Å². The molecular formula is C16H31N3O. The van der Waals surface area contributed by atoms with E-state index in [9.17, 15) is 4.79 Å². The summed E-state index contributed by atoms with van der Waals surface area (Å²) in [4.78, 5) is 14.6. The van der Waals surface area contributed by atoms with E-state index >= 15 is 0 Å². The van der Waals surface area contributed by atoms with Gasteiger partial charge in [0.05, 0.1) is 0 Å². The van der Waals surface area contributed by atoms with Gasteiger partial charge < -0.3 is 15.5 Å². The number of likely N-dealkylation sites (tertiary alicyclic amines) is 1. The molecule has 2 fully saturated rings. The molecule has 2 N–H and O–H groups in total. The molecule has 1 saturated carbocycles. The second-order valence-corrected chi connectivity index (χ2v) is 6.52. The summed E-state index contributed by atoms with van der Waals surface area (Å²) in [5.74, 6) is 0.221. The van der Waals surface area contributed by atoms with Gasteiger partial charge in [-0.2, -0.15) is 0 Å². The van der Waals surface area contributed by atoms with Gasteiger partial charge in [-0.3, -0.25) is 4.79 Å². The van der Waals surface area contributed by atoms with Gasteiger partial charge in [0.25, 0.3) is 0 Å². The van der Waals surface area contributed by atoms with E-state index in [1.165, 1.54) is 51.6 Å². The Balaban J connectivity index is 1.66. The Hall–Kier alpha value is -0.610. The molecule has 0 aromatic rings. The lowest BCUT2D eigenvalue weighted by Crippen LogP contribution is -2.49. The number of rotatable bonds is 6. The van der Waals surface area contributed by atoms with Gasteiger partial charge in [0.2, 0.25) is 5.91 Å². The molecule has 0 aromatic heterocycles. The summed E-state index contributed by atoms with van der Waals surface area (Å²) in [5.41, 5.74) is 0.0630. The van der Waals surface area contributed by atoms with Crippen molar-refractivity contribution in [3.63, 3.8) is 0 Å². The predicted molar refractivity (Wildman–Crippen MR) is 82.8 cm³/mol. The van der Waals surface area contributed by atoms with Crippen molar-refractivity contribution >= 4 is 5.91 Å². The molecule has 2 rings (SSSR count). The normalized spacial score (nSPS) is 23.4. The molecule has 0 unspecified atom stereocenters. The van der Waals surface area contributed by atoms with Crippen molar-refractivity contribution in [2.24, 2.45) is 0 Å². The molecule has 0 spiro atoms. The van der Waals surface area contributed by atoms with E-state index < -0.39 is 0 Å². The first kappa shape index (κ1) is 15.8. The number of carbonyl (C=O) groups excluding carboxylic acids is 1. The Morgan fingerprint density at radius 3 is 2.35 bits per heavy atom. The molecule has 0 bridgehead atoms. The maximum absolute atomic E-state index is 12.1. The topological polar surface area (TPSA) is 44.4 Å². The summed E-state index contributed by atoms with van der Waals surface area (Å²) in [5, 5.41) is 6.53. The van der Waals surface area contributed by atoms with Gasteiger partial charge in [-0.1, -0.05) is 25.7 Å². The van der Waals surface area contributed by atoms with Crippen LogP contribution in [0, 0.1) is 0 Å². The molecule has 1 heterocycles. The summed E-state index contributed by atoms with van der Waals surface area (Å²) in [6, 6.07) is 0. The van der Waals surface area contributed by atoms with Gasteiger partial charge in [-0.15, -0.1) is 0 Å². The lowest BCUT2D eigenvalue weighted by atomic mass is 9.79. The quantitative estimate of drug-likeness (QED) is 0.781. The van der Waals surface area contributed by atoms with Crippen LogP contribution in [-0.4, -0.2) is 49.6 Å². The van der Waals surface area contributed by atoms with E-state index in [2.05, 4.69) is 15.5 Å². The largest absolute Gasteiger partial charge is 0.355 e. The first-order chi connectivity index (χ1) is 9.74. The molecule has 0 radical (unpaired) electrons. The fourth-order valence-electron chi connectivity index (χ4n) is 3.65. The molecule has 0 aromatic carbocycles. The number of piperidine rings is 1. The molecule has 1 saturated heterocycles. The summed E-state index contributed by atoms with van der Waals surface area (Å²) in [6.45, 7) is 4.23. The van der Waals surface area contributed by atoms with Crippen LogP contribution in [0.2, 0.25) is 0 Å². The molecule has 1 amide bonds. The van der Waals surface area contributed by atoms with Crippen LogP contribution >= 0.6 is 0 Å². The second-order valence-electron chi connectivity index (χ2n) is 6.52. The molecular weight excluding hydrogens is 250 g/mol. The molecule has 0 atom stereocenters. The fraction of sp³-hybridized carbons (Fsp3) is 0.938. The third-order valence-electron chi connectivity index (χ3n) is 5.04. The number of carbonyl (C=O) groups is 1. The fourth-order valence-corrected chi connectivity index (χ4v) is 3.65. The van der Waals surface area contributed by atoms with E-state index in [0.717, 1.165) is 25.9 Å². The zero-order valence-corrected chi connectivity index (χ0v) is 13.0. The van der Waals surface area contributed by atoms with Crippen molar-refractivity contribution in [1.82, 2.24) is 15.5 Å². The SMILES string of the molecule is CNC1(CC(=O)NCCN2CCCCC2)CCCCC1. The standard InChI is InChI=1S/C16H31N3O/c1-17-16(8-4-2-5-9-16)14-15(20)18-10-13-19-11-6-3-7-12-19/h17H,2-14H2,1H3,(H,18,20). The van der Waals surface area contributed by atoms with Crippen LogP contribution < -0.4 is 10.6 Å². The second kappa shape index (κ2) is 7.99. The molecule has 20 heavy (non-hydrogen) atoms. The Labute approximate surface area is 123 Å². The van der Waals surface area contributed by atoms with Gasteiger partial charge in [-0.25, -0.2) is 0 Å². The van der Waals surface area contributed by atoms with Crippen molar-refractivity contribution in [1.29, 1.82) is 0 Å². The third-order valence-corrected chi connectivity index (χ3v) is 5.04. The molecule has 2 aliphatic rings. The predicted octanol–water partition coefficient (Wildman–Crippen LogP) is 1.90. The number of amides is 1. The molecule has 1 aliphatic heterocycles. The minimum absolute atomic E-state index is 0.0630. The van der Waals surface area contributed by atoms with Gasteiger partial charge in [0.15, 0.2) is 0 Å². The highest BCUT2D eigenvalue weighted by molar-refractivity contribution is 5.77. The zero-order chi connectivity index (χ0) is 14.3. The van der Waals surface area contributed by atoms with E-state index in [0.29, 0.717) is 6.42 Å². The maximum Gasteiger partial charge on any atom is 0.221 e. The first-order valence-electron chi connectivity index (χ1n) is 8.42. The number of hydrogen-bond acceptors (Lipinski definition) is 3. The number of nitrogens with one attached hydrogen (secondary N) is 2. The van der Waals surface area contributed by atoms with Crippen molar-refractivity contribution in [2.45, 2.75) is 63.3 Å². The Morgan fingerprint density at radius 1 is 1.05 bits per heavy atom. The van der Waals surface area contributed by atoms with Crippen LogP contribution in [0.15, 0.2) is 0 Å². The van der Waals surface area contributed by atoms with Gasteiger partial charge in [0, 0.05) is 25.0 Å². The van der Waals surface area contributed by atoms with Crippen LogP contribution in [-0.2, 0) is 4.79 Å². The van der Waals surface area contributed by atoms with E-state index in [1.807, 2.05) is 7.05 Å². The van der Waals surface area contributed by atoms with Crippen LogP contribution in [0.3, 0.4) is 0 Å². The number of hydrogen-bond donors (Lipinski definition) is 2. The van der Waals surface area contributed by atoms with Gasteiger partial charge in [0.1, 0.15) is 0 Å². The van der Waals surface area contributed by atoms with Crippen molar-refractivity contribution in [2.75, 3.05) is 33.2 Å². The first-order valence-corrected chi connectivity index (χ1v) is 8.42. The number of nitrogens with zero attached hydrogens (tertiary/aromatic N) is 1. The van der Waals surface area contributed by atoms with Crippen molar-refractivity contribution in [3.8, 4) is 0 Å². The summed E-state index contributed by atoms with van der Waals surface area (Å²) in [6.07, 6.45) is 10.8. The molecule has 1 aliphatic carbocycles. The van der Waals surface area contributed by atoms with Crippen molar-refractivity contribution < 1.29 is 4.79 Å². The van der Waals surface area contributed by atoms with Gasteiger partial charge >= 0.3 is 0 Å². The van der Waals surface area contributed by atoms with Crippen LogP contribution in [0.5, 0.6) is 0 Å². The van der Waals surface area contributed by atoms with Crippen LogP contribution in [0.25, 0.3) is 0 Å². The van der Waals surface area contributed by atoms with Crippen molar-refractivity contribution in [3.05, 3.63) is 0 Å². The minimum Gasteiger partial charge on any atom is -0.355 e. The highest BCUT2D eigenvalue weighted by atomic mass is 16.1. The van der Waals surface area contributed by atoms with E-state index in [4.69, 9.17) is 0 Å². The van der Waals surface area contributed by atoms with E-state index in [-0.39, 0.29) is 11.4 Å². The Bertz CT molecular complexity index is 294. The molecule has 4 heteroatoms. The maximum atomic E-state index is 12.1. The lowest BCUT2D eigenvalue weighted by Gasteiger charge is -2.36. The summed E-state index contributed by atoms with van der Waals surface area (Å²) in [7, 11) is 2.01. The smallest absolute Gasteiger partial charge is 0.221 e. The lowest BCUT2D eigenvalue weighted by molar-refractivity contribution is -0.122. The monoisotopic (exact) mass is 281 g/mol. The average Bonchev–Trinajstić information content (AvgIpc) is 2.49. The Kier molecular flexibility index (Phi) is 6.30. The average molecular weight is 281 g/mol. The van der Waals surface area contributed by atoms with E-state index in [1.54, 1.807) is 0 Å². The molecule has 4 nitrogen and oxygen atoms in total. The minimum atomic E-state index is 0.0630.